The summed E-state index contributed by atoms with van der Waals surface area (Å²) in [6.45, 7) is -0.0181. The van der Waals surface area contributed by atoms with E-state index in [0.29, 0.717) is 6.42 Å². The van der Waals surface area contributed by atoms with Crippen molar-refractivity contribution in [3.05, 3.63) is 204 Å². The molecule has 3 aliphatic rings. The van der Waals surface area contributed by atoms with E-state index < -0.39 is 0 Å². The quantitative estimate of drug-likeness (QED) is 0.162. The van der Waals surface area contributed by atoms with E-state index in [9.17, 15) is 0 Å². The lowest BCUT2D eigenvalue weighted by Crippen LogP contribution is -2.62. The van der Waals surface area contributed by atoms with Crippen LogP contribution in [0.1, 0.15) is 45.6 Å². The molecule has 0 saturated heterocycles. The number of rotatable bonds is 6. The number of hydrogen-bond acceptors (Lipinski definition) is 6. The average molecular weight is 732 g/mol. The van der Waals surface area contributed by atoms with E-state index in [1.165, 1.54) is 49.7 Å². The van der Waals surface area contributed by atoms with Crippen LogP contribution in [0.2, 0.25) is 0 Å². The van der Waals surface area contributed by atoms with Crippen molar-refractivity contribution >= 4 is 51.2 Å². The molecule has 2 atom stereocenters. The summed E-state index contributed by atoms with van der Waals surface area (Å²) in [4.78, 5) is 27.6. The summed E-state index contributed by atoms with van der Waals surface area (Å²) >= 11 is 0. The number of aromatic nitrogens is 6. The van der Waals surface area contributed by atoms with Gasteiger partial charge in [0.2, 0.25) is 6.71 Å². The van der Waals surface area contributed by atoms with E-state index in [-0.39, 0.29) is 18.5 Å². The SMILES string of the molecule is c1ccc(N2c3cc(C(Cc4ccccn4)c4ccccn4)cc4c3B(c3cccnc32)c2ccnc3c2C4Cc2c-3c3ccccc3n2-c2ccccn2)cc1. The molecular weight excluding hydrogens is 697 g/mol. The first kappa shape index (κ1) is 32.1. The number of fused-ring (bicyclic) bond motifs is 8. The van der Waals surface area contributed by atoms with Crippen LogP contribution in [0, 0.1) is 0 Å². The predicted molar refractivity (Wildman–Crippen MR) is 227 cm³/mol. The van der Waals surface area contributed by atoms with Gasteiger partial charge in [-0.15, -0.1) is 0 Å². The molecule has 268 valence electrons. The summed E-state index contributed by atoms with van der Waals surface area (Å²) in [5.41, 5.74) is 16.6. The number of nitrogens with zero attached hydrogens (tertiary/aromatic N) is 7. The molecule has 0 saturated carbocycles. The maximum absolute atomic E-state index is 5.29. The van der Waals surface area contributed by atoms with Crippen molar-refractivity contribution in [2.75, 3.05) is 4.90 Å². The lowest BCUT2D eigenvalue weighted by atomic mass is 9.31. The minimum absolute atomic E-state index is 0.0181. The Balaban J connectivity index is 1.18. The molecule has 8 heteroatoms. The highest BCUT2D eigenvalue weighted by Crippen LogP contribution is 2.50. The third-order valence-corrected chi connectivity index (χ3v) is 12.2. The number of pyridine rings is 5. The van der Waals surface area contributed by atoms with Crippen LogP contribution in [0.25, 0.3) is 28.0 Å². The van der Waals surface area contributed by atoms with Crippen LogP contribution in [0.5, 0.6) is 0 Å². The molecule has 12 rings (SSSR count). The number of para-hydroxylation sites is 2. The largest absolute Gasteiger partial charge is 0.297 e. The standard InChI is InChI=1S/C49H34BN7/c1-2-14-33(15-3-1)56-43-28-31(35(40-18-7-10-23-52-40)29-32-13-6-9-22-51-32)27-37-36-30-42-46(34-16-4-5-19-41(34)57(42)44-20-8-11-24-53-44)48-45(36)38(21-26-54-48)50(47(37)43)39-17-12-25-55-49(39)56/h1-28,35-36H,29-30H2. The third kappa shape index (κ3) is 4.83. The van der Waals surface area contributed by atoms with Crippen LogP contribution in [0.3, 0.4) is 0 Å². The van der Waals surface area contributed by atoms with Crippen molar-refractivity contribution < 1.29 is 0 Å². The normalized spacial score (nSPS) is 15.1. The van der Waals surface area contributed by atoms with Crippen LogP contribution in [-0.4, -0.2) is 36.2 Å². The molecule has 0 spiro atoms. The van der Waals surface area contributed by atoms with Crippen LogP contribution in [-0.2, 0) is 12.8 Å². The second-order valence-corrected chi connectivity index (χ2v) is 15.2. The average Bonchev–Trinajstić information content (AvgIpc) is 3.62. The maximum Gasteiger partial charge on any atom is 0.249 e. The van der Waals surface area contributed by atoms with Crippen LogP contribution in [0.15, 0.2) is 171 Å². The van der Waals surface area contributed by atoms with E-state index in [1.54, 1.807) is 0 Å². The van der Waals surface area contributed by atoms with E-state index in [0.717, 1.165) is 52.0 Å². The van der Waals surface area contributed by atoms with Gasteiger partial charge < -0.3 is 0 Å². The molecule has 7 nitrogen and oxygen atoms in total. The Kier molecular flexibility index (Phi) is 7.14. The number of anilines is 3. The smallest absolute Gasteiger partial charge is 0.249 e. The molecule has 8 heterocycles. The Bertz CT molecular complexity index is 2990. The Morgan fingerprint density at radius 3 is 2.26 bits per heavy atom. The highest BCUT2D eigenvalue weighted by molar-refractivity contribution is 6.99. The highest BCUT2D eigenvalue weighted by atomic mass is 15.2. The molecule has 2 unspecified atom stereocenters. The minimum Gasteiger partial charge on any atom is -0.297 e. The number of benzene rings is 3. The van der Waals surface area contributed by atoms with Gasteiger partial charge in [0, 0.05) is 88.6 Å². The zero-order valence-electron chi connectivity index (χ0n) is 30.9. The summed E-state index contributed by atoms with van der Waals surface area (Å²) in [6.07, 6.45) is 11.1. The summed E-state index contributed by atoms with van der Waals surface area (Å²) in [7, 11) is 0. The van der Waals surface area contributed by atoms with Gasteiger partial charge >= 0.3 is 0 Å². The topological polar surface area (TPSA) is 72.6 Å². The summed E-state index contributed by atoms with van der Waals surface area (Å²) in [6, 6.07) is 49.6. The molecule has 57 heavy (non-hydrogen) atoms. The molecule has 0 fully saturated rings. The molecule has 1 aliphatic carbocycles. The fourth-order valence-electron chi connectivity index (χ4n) is 9.99. The zero-order valence-corrected chi connectivity index (χ0v) is 30.9. The van der Waals surface area contributed by atoms with Gasteiger partial charge in [-0.2, -0.15) is 0 Å². The second kappa shape index (κ2) is 12.7. The lowest BCUT2D eigenvalue weighted by Gasteiger charge is -2.44. The highest BCUT2D eigenvalue weighted by Gasteiger charge is 2.47. The zero-order chi connectivity index (χ0) is 37.5. The first-order valence-electron chi connectivity index (χ1n) is 19.6. The first-order valence-corrected chi connectivity index (χ1v) is 19.6. The third-order valence-electron chi connectivity index (χ3n) is 12.2. The molecule has 6 aromatic heterocycles. The molecule has 2 aliphatic heterocycles. The molecule has 0 amide bonds. The molecule has 0 bridgehead atoms. The molecular formula is C49H34BN7. The van der Waals surface area contributed by atoms with Gasteiger partial charge in [-0.1, -0.05) is 72.2 Å². The Labute approximate surface area is 330 Å². The maximum atomic E-state index is 5.29. The van der Waals surface area contributed by atoms with Crippen molar-refractivity contribution in [2.24, 2.45) is 0 Å². The predicted octanol–water partition coefficient (Wildman–Crippen LogP) is 7.95. The van der Waals surface area contributed by atoms with Gasteiger partial charge in [-0.3, -0.25) is 24.4 Å². The Morgan fingerprint density at radius 2 is 1.44 bits per heavy atom. The van der Waals surface area contributed by atoms with Gasteiger partial charge in [-0.05, 0) is 107 Å². The molecule has 0 N–H and O–H groups in total. The van der Waals surface area contributed by atoms with E-state index >= 15 is 0 Å². The first-order chi connectivity index (χ1) is 28.3. The Hall–Kier alpha value is -7.19. The van der Waals surface area contributed by atoms with Crippen molar-refractivity contribution in [3.63, 3.8) is 0 Å². The molecule has 9 aromatic rings. The van der Waals surface area contributed by atoms with Crippen molar-refractivity contribution in [1.82, 2.24) is 29.5 Å². The van der Waals surface area contributed by atoms with Gasteiger partial charge in [-0.25, -0.2) is 9.97 Å². The van der Waals surface area contributed by atoms with Gasteiger partial charge in [0.05, 0.1) is 11.2 Å². The monoisotopic (exact) mass is 731 g/mol. The lowest BCUT2D eigenvalue weighted by molar-refractivity contribution is 0.734. The summed E-state index contributed by atoms with van der Waals surface area (Å²) in [5.74, 6) is 1.87. The van der Waals surface area contributed by atoms with Crippen LogP contribution >= 0.6 is 0 Å². The number of hydrogen-bond donors (Lipinski definition) is 0. The molecule has 3 aromatic carbocycles. The van der Waals surface area contributed by atoms with Gasteiger partial charge in [0.25, 0.3) is 0 Å². The van der Waals surface area contributed by atoms with Crippen LogP contribution < -0.4 is 21.3 Å². The summed E-state index contributed by atoms with van der Waals surface area (Å²) in [5, 5.41) is 1.20. The van der Waals surface area contributed by atoms with Gasteiger partial charge in [0.15, 0.2) is 0 Å². The fourth-order valence-corrected chi connectivity index (χ4v) is 9.99. The van der Waals surface area contributed by atoms with Crippen LogP contribution in [0.4, 0.5) is 17.2 Å². The van der Waals surface area contributed by atoms with E-state index in [1.807, 2.05) is 49.2 Å². The minimum atomic E-state index is -0.0438. The fraction of sp³-hybridized carbons (Fsp3) is 0.0816. The van der Waals surface area contributed by atoms with E-state index in [4.69, 9.17) is 24.9 Å². The Morgan fingerprint density at radius 1 is 0.649 bits per heavy atom. The summed E-state index contributed by atoms with van der Waals surface area (Å²) < 4.78 is 2.37. The van der Waals surface area contributed by atoms with Crippen molar-refractivity contribution in [1.29, 1.82) is 0 Å². The van der Waals surface area contributed by atoms with Gasteiger partial charge in [0.1, 0.15) is 11.6 Å². The molecule has 0 radical (unpaired) electrons. The van der Waals surface area contributed by atoms with Crippen molar-refractivity contribution in [2.45, 2.75) is 24.7 Å². The van der Waals surface area contributed by atoms with Crippen molar-refractivity contribution in [3.8, 4) is 17.1 Å². The van der Waals surface area contributed by atoms with E-state index in [2.05, 4.69) is 131 Å². The second-order valence-electron chi connectivity index (χ2n) is 15.2.